The van der Waals surface area contributed by atoms with Crippen LogP contribution >= 0.6 is 11.3 Å². The lowest BCUT2D eigenvalue weighted by Crippen LogP contribution is -1.65. The monoisotopic (exact) mass is 164 g/mol. The predicted molar refractivity (Wildman–Crippen MR) is 53.9 cm³/mol. The number of thiophene rings is 1. The van der Waals surface area contributed by atoms with Gasteiger partial charge in [-0.15, -0.1) is 11.3 Å². The van der Waals surface area contributed by atoms with Crippen LogP contribution in [0, 0.1) is 6.92 Å². The quantitative estimate of drug-likeness (QED) is 0.624. The van der Waals surface area contributed by atoms with Gasteiger partial charge < -0.3 is 0 Å². The Morgan fingerprint density at radius 2 is 2.27 bits per heavy atom. The van der Waals surface area contributed by atoms with E-state index in [0.29, 0.717) is 0 Å². The fourth-order valence-corrected chi connectivity index (χ4v) is 1.99. The highest BCUT2D eigenvalue weighted by atomic mass is 32.1. The summed E-state index contributed by atoms with van der Waals surface area (Å²) < 4.78 is 0. The molecule has 1 heterocycles. The van der Waals surface area contributed by atoms with Crippen LogP contribution in [-0.2, 0) is 0 Å². The molecule has 11 heavy (non-hydrogen) atoms. The molecule has 0 saturated heterocycles. The van der Waals surface area contributed by atoms with Crippen molar-refractivity contribution in [3.8, 4) is 0 Å². The van der Waals surface area contributed by atoms with Gasteiger partial charge in [0.2, 0.25) is 0 Å². The van der Waals surface area contributed by atoms with Crippen molar-refractivity contribution in [2.75, 3.05) is 0 Å². The summed E-state index contributed by atoms with van der Waals surface area (Å²) in [6, 6.07) is 2.16. The largest absolute Gasteiger partial charge is 0.141 e. The minimum absolute atomic E-state index is 1.24. The minimum Gasteiger partial charge on any atom is -0.141 e. The second kappa shape index (κ2) is 3.54. The van der Waals surface area contributed by atoms with Crippen molar-refractivity contribution in [2.45, 2.75) is 13.8 Å². The summed E-state index contributed by atoms with van der Waals surface area (Å²) in [7, 11) is 0. The van der Waals surface area contributed by atoms with Gasteiger partial charge in [-0.2, -0.15) is 0 Å². The standard InChI is InChI=1S/C10H12S/c1-4-6-10-9(5-2)7-8(3)11-10/h4-7H,2H2,1,3H3. The number of hydrogen-bond acceptors (Lipinski definition) is 1. The number of allylic oxidation sites excluding steroid dienone is 1. The third-order valence-electron chi connectivity index (χ3n) is 1.45. The van der Waals surface area contributed by atoms with E-state index in [0.717, 1.165) is 0 Å². The summed E-state index contributed by atoms with van der Waals surface area (Å²) in [5, 5.41) is 0. The van der Waals surface area contributed by atoms with E-state index in [4.69, 9.17) is 0 Å². The first kappa shape index (κ1) is 8.28. The van der Waals surface area contributed by atoms with Gasteiger partial charge in [0.1, 0.15) is 0 Å². The molecule has 1 aromatic rings. The molecule has 1 heteroatoms. The van der Waals surface area contributed by atoms with E-state index < -0.39 is 0 Å². The third kappa shape index (κ3) is 1.81. The van der Waals surface area contributed by atoms with Crippen LogP contribution in [0.2, 0.25) is 0 Å². The van der Waals surface area contributed by atoms with Crippen LogP contribution in [0.1, 0.15) is 22.2 Å². The van der Waals surface area contributed by atoms with Gasteiger partial charge in [-0.1, -0.05) is 18.7 Å². The van der Waals surface area contributed by atoms with E-state index in [2.05, 4.69) is 31.7 Å². The fourth-order valence-electron chi connectivity index (χ4n) is 0.993. The van der Waals surface area contributed by atoms with E-state index in [1.807, 2.05) is 13.0 Å². The topological polar surface area (TPSA) is 0 Å². The van der Waals surface area contributed by atoms with E-state index in [9.17, 15) is 0 Å². The molecule has 0 N–H and O–H groups in total. The van der Waals surface area contributed by atoms with Crippen LogP contribution in [0.3, 0.4) is 0 Å². The molecular weight excluding hydrogens is 152 g/mol. The van der Waals surface area contributed by atoms with E-state index >= 15 is 0 Å². The molecule has 1 aromatic heterocycles. The number of hydrogen-bond donors (Lipinski definition) is 0. The third-order valence-corrected chi connectivity index (χ3v) is 2.48. The molecule has 0 bridgehead atoms. The van der Waals surface area contributed by atoms with Gasteiger partial charge >= 0.3 is 0 Å². The van der Waals surface area contributed by atoms with Crippen LogP contribution in [0.5, 0.6) is 0 Å². The molecule has 0 unspecified atom stereocenters. The highest BCUT2D eigenvalue weighted by Crippen LogP contribution is 2.23. The second-order valence-corrected chi connectivity index (χ2v) is 3.67. The predicted octanol–water partition coefficient (Wildman–Crippen LogP) is 3.73. The van der Waals surface area contributed by atoms with Gasteiger partial charge in [0, 0.05) is 9.75 Å². The summed E-state index contributed by atoms with van der Waals surface area (Å²) in [5.74, 6) is 0. The minimum atomic E-state index is 1.24. The van der Waals surface area contributed by atoms with Crippen molar-refractivity contribution in [3.05, 3.63) is 34.0 Å². The summed E-state index contributed by atoms with van der Waals surface area (Å²) >= 11 is 1.81. The Kier molecular flexibility index (Phi) is 2.66. The van der Waals surface area contributed by atoms with Gasteiger partial charge in [-0.05, 0) is 31.6 Å². The first-order valence-electron chi connectivity index (χ1n) is 3.63. The maximum Gasteiger partial charge on any atom is 0.0342 e. The molecule has 0 nitrogen and oxygen atoms in total. The Labute approximate surface area is 71.9 Å². The van der Waals surface area contributed by atoms with E-state index in [-0.39, 0.29) is 0 Å². The SMILES string of the molecule is C=Cc1cc(C)sc1C=CC. The van der Waals surface area contributed by atoms with Gasteiger partial charge in [0.15, 0.2) is 0 Å². The fraction of sp³-hybridized carbons (Fsp3) is 0.200. The van der Waals surface area contributed by atoms with Crippen molar-refractivity contribution in [1.82, 2.24) is 0 Å². The molecule has 0 saturated carbocycles. The summed E-state index contributed by atoms with van der Waals surface area (Å²) in [4.78, 5) is 2.65. The average Bonchev–Trinajstić information content (AvgIpc) is 2.32. The van der Waals surface area contributed by atoms with Crippen LogP contribution < -0.4 is 0 Å². The molecule has 0 radical (unpaired) electrons. The van der Waals surface area contributed by atoms with Gasteiger partial charge in [-0.3, -0.25) is 0 Å². The van der Waals surface area contributed by atoms with Crippen molar-refractivity contribution < 1.29 is 0 Å². The molecule has 0 atom stereocenters. The summed E-state index contributed by atoms with van der Waals surface area (Å²) in [6.07, 6.45) is 6.08. The lowest BCUT2D eigenvalue weighted by Gasteiger charge is -1.86. The van der Waals surface area contributed by atoms with Crippen LogP contribution in [0.15, 0.2) is 18.7 Å². The molecule has 0 aliphatic heterocycles. The molecule has 0 fully saturated rings. The number of aryl methyl sites for hydroxylation is 1. The van der Waals surface area contributed by atoms with E-state index in [1.165, 1.54) is 15.3 Å². The Balaban J connectivity index is 3.11. The average molecular weight is 164 g/mol. The molecule has 58 valence electrons. The van der Waals surface area contributed by atoms with Gasteiger partial charge in [0.05, 0.1) is 0 Å². The Hall–Kier alpha value is -0.820. The lowest BCUT2D eigenvalue weighted by molar-refractivity contribution is 1.62. The normalized spacial score (nSPS) is 10.7. The highest BCUT2D eigenvalue weighted by molar-refractivity contribution is 7.13. The van der Waals surface area contributed by atoms with Gasteiger partial charge in [0.25, 0.3) is 0 Å². The van der Waals surface area contributed by atoms with Crippen molar-refractivity contribution in [3.63, 3.8) is 0 Å². The molecule has 0 aromatic carbocycles. The van der Waals surface area contributed by atoms with Crippen molar-refractivity contribution >= 4 is 23.5 Å². The van der Waals surface area contributed by atoms with Gasteiger partial charge in [-0.25, -0.2) is 0 Å². The molecule has 0 spiro atoms. The van der Waals surface area contributed by atoms with Crippen LogP contribution in [-0.4, -0.2) is 0 Å². The summed E-state index contributed by atoms with van der Waals surface area (Å²) in [6.45, 7) is 7.91. The maximum atomic E-state index is 3.76. The first-order valence-corrected chi connectivity index (χ1v) is 4.45. The molecule has 0 aliphatic carbocycles. The highest BCUT2D eigenvalue weighted by Gasteiger charge is 1.98. The molecule has 1 rings (SSSR count). The molecule has 0 amide bonds. The maximum absolute atomic E-state index is 3.76. The first-order chi connectivity index (χ1) is 5.27. The number of rotatable bonds is 2. The van der Waals surface area contributed by atoms with Crippen LogP contribution in [0.4, 0.5) is 0 Å². The molecule has 0 aliphatic rings. The van der Waals surface area contributed by atoms with Crippen molar-refractivity contribution in [1.29, 1.82) is 0 Å². The van der Waals surface area contributed by atoms with Crippen molar-refractivity contribution in [2.24, 2.45) is 0 Å². The Bertz CT molecular complexity index is 279. The van der Waals surface area contributed by atoms with E-state index in [1.54, 1.807) is 11.3 Å². The van der Waals surface area contributed by atoms with Crippen LogP contribution in [0.25, 0.3) is 12.2 Å². The molecular formula is C10H12S. The Morgan fingerprint density at radius 1 is 1.55 bits per heavy atom. The zero-order chi connectivity index (χ0) is 8.27. The zero-order valence-corrected chi connectivity index (χ0v) is 7.74. The lowest BCUT2D eigenvalue weighted by atomic mass is 10.2. The zero-order valence-electron chi connectivity index (χ0n) is 6.92. The smallest absolute Gasteiger partial charge is 0.0342 e. The summed E-state index contributed by atoms with van der Waals surface area (Å²) in [5.41, 5.74) is 1.24. The second-order valence-electron chi connectivity index (χ2n) is 2.38. The Morgan fingerprint density at radius 3 is 2.82 bits per heavy atom.